The molecule has 0 aliphatic heterocycles. The minimum absolute atomic E-state index is 0.121. The topological polar surface area (TPSA) is 20.2 Å². The molecule has 0 aliphatic rings. The first kappa shape index (κ1) is 33.6. The molecule has 1 rings (SSSR count). The van der Waals surface area contributed by atoms with Crippen molar-refractivity contribution in [2.45, 2.75) is 44.3 Å². The first-order valence-corrected chi connectivity index (χ1v) is 13.7. The van der Waals surface area contributed by atoms with Crippen molar-refractivity contribution in [3.05, 3.63) is 34.4 Å². The normalized spacial score (nSPS) is 16.0. The summed E-state index contributed by atoms with van der Waals surface area (Å²) >= 11 is 92.5. The van der Waals surface area contributed by atoms with Crippen LogP contribution in [0.4, 0.5) is 0 Å². The quantitative estimate of drug-likeness (QED) is 0.297. The summed E-state index contributed by atoms with van der Waals surface area (Å²) in [6, 6.07) is 2.33. The number of benzene rings is 1. The summed E-state index contributed by atoms with van der Waals surface area (Å²) in [7, 11) is 0. The fourth-order valence-electron chi connectivity index (χ4n) is 2.48. The molecule has 1 aromatic carbocycles. The lowest BCUT2D eigenvalue weighted by atomic mass is 9.85. The summed E-state index contributed by atoms with van der Waals surface area (Å²) < 4.78 is -14.0. The number of rotatable bonds is 5. The highest BCUT2D eigenvalue weighted by Gasteiger charge is 2.56. The number of hydrogen-bond acceptors (Lipinski definition) is 1. The van der Waals surface area contributed by atoms with Gasteiger partial charge in [-0.25, -0.2) is 0 Å². The Hall–Kier alpha value is 3.53. The molecular formula is C16H11Cl15O. The van der Waals surface area contributed by atoms with Gasteiger partial charge in [-0.15, -0.1) is 0 Å². The average molecular weight is 751 g/mol. The molecule has 1 unspecified atom stereocenters. The largest absolute Gasteiger partial charge is 0.388 e. The van der Waals surface area contributed by atoms with Crippen LogP contribution in [0.2, 0.25) is 0 Å². The highest BCUT2D eigenvalue weighted by atomic mass is 35.6. The van der Waals surface area contributed by atoms with E-state index in [1.165, 1.54) is 0 Å². The highest BCUT2D eigenvalue weighted by molar-refractivity contribution is 6.77. The Bertz CT molecular complexity index is 782. The van der Waals surface area contributed by atoms with Crippen LogP contribution in [-0.2, 0) is 13.0 Å². The Balaban J connectivity index is 4.37. The second kappa shape index (κ2) is 11.0. The number of halogens is 15. The molecule has 0 heterocycles. The van der Waals surface area contributed by atoms with Crippen molar-refractivity contribution < 1.29 is 5.11 Å². The zero-order chi connectivity index (χ0) is 25.9. The third kappa shape index (κ3) is 6.74. The average Bonchev–Trinajstić information content (AvgIpc) is 2.56. The summed E-state index contributed by atoms with van der Waals surface area (Å²) in [4.78, 5) is 0. The Morgan fingerprint density at radius 2 is 0.844 bits per heavy atom. The molecule has 0 saturated heterocycles. The van der Waals surface area contributed by atoms with Crippen LogP contribution in [0.5, 0.6) is 0 Å². The van der Waals surface area contributed by atoms with Gasteiger partial charge in [0.25, 0.3) is 0 Å². The van der Waals surface area contributed by atoms with Crippen molar-refractivity contribution in [1.82, 2.24) is 0 Å². The van der Waals surface area contributed by atoms with Gasteiger partial charge < -0.3 is 5.11 Å². The molecule has 0 amide bonds. The molecule has 0 spiro atoms. The predicted octanol–water partition coefficient (Wildman–Crippen LogP) is 11.4. The van der Waals surface area contributed by atoms with Crippen molar-refractivity contribution >= 4 is 174 Å². The molecule has 0 aliphatic carbocycles. The summed E-state index contributed by atoms with van der Waals surface area (Å²) in [5.74, 6) is -0.484. The lowest BCUT2D eigenvalue weighted by Gasteiger charge is -2.39. The third-order valence-electron chi connectivity index (χ3n) is 4.21. The molecule has 1 nitrogen and oxygen atoms in total. The number of hydrogen-bond donors (Lipinski definition) is 1. The van der Waals surface area contributed by atoms with E-state index in [2.05, 4.69) is 0 Å². The zero-order valence-corrected chi connectivity index (χ0v) is 26.8. The first-order chi connectivity index (χ1) is 13.8. The van der Waals surface area contributed by atoms with Crippen molar-refractivity contribution in [1.29, 1.82) is 0 Å². The summed E-state index contributed by atoms with van der Waals surface area (Å²) in [6.07, 6.45) is -1.37. The second-order valence-corrected chi connectivity index (χ2v) is 17.7. The van der Waals surface area contributed by atoms with Crippen LogP contribution in [0.15, 0.2) is 12.1 Å². The first-order valence-electron chi connectivity index (χ1n) is 8.02. The van der Waals surface area contributed by atoms with E-state index < -0.39 is 36.4 Å². The van der Waals surface area contributed by atoms with E-state index in [9.17, 15) is 5.11 Å². The Kier molecular flexibility index (Phi) is 11.5. The van der Waals surface area contributed by atoms with E-state index in [1.54, 1.807) is 13.8 Å². The standard InChI is InChI=1S/C16H11Cl15O/c1-5(2)10(32)9-7(12(19,20)15(26,27)28)3-6(11(17,18)14(23,24)25)4-8(9)13(21,22)16(29,30)31/h3-5,10,32H,1-2H3. The van der Waals surface area contributed by atoms with E-state index >= 15 is 0 Å². The van der Waals surface area contributed by atoms with Gasteiger partial charge >= 0.3 is 0 Å². The van der Waals surface area contributed by atoms with Crippen LogP contribution in [0, 0.1) is 5.92 Å². The summed E-state index contributed by atoms with van der Waals surface area (Å²) in [5, 5.41) is 11.0. The minimum atomic E-state index is -2.38. The monoisotopic (exact) mass is 744 g/mol. The van der Waals surface area contributed by atoms with Crippen LogP contribution in [0.1, 0.15) is 42.2 Å². The van der Waals surface area contributed by atoms with Gasteiger partial charge in [0, 0.05) is 0 Å². The molecule has 0 aromatic heterocycles. The van der Waals surface area contributed by atoms with Gasteiger partial charge in [0.1, 0.15) is 0 Å². The molecule has 0 saturated carbocycles. The maximum absolute atomic E-state index is 11.0. The van der Waals surface area contributed by atoms with Gasteiger partial charge in [0.05, 0.1) is 6.10 Å². The summed E-state index contributed by atoms with van der Waals surface area (Å²) in [5.41, 5.74) is -0.779. The van der Waals surface area contributed by atoms with Crippen molar-refractivity contribution in [2.24, 2.45) is 5.92 Å². The lowest BCUT2D eigenvalue weighted by molar-refractivity contribution is 0.124. The van der Waals surface area contributed by atoms with Crippen molar-refractivity contribution in [3.63, 3.8) is 0 Å². The molecule has 0 radical (unpaired) electrons. The van der Waals surface area contributed by atoms with Crippen LogP contribution in [0.3, 0.4) is 0 Å². The highest BCUT2D eigenvalue weighted by Crippen LogP contribution is 2.61. The van der Waals surface area contributed by atoms with Crippen molar-refractivity contribution in [2.75, 3.05) is 0 Å². The van der Waals surface area contributed by atoms with Crippen LogP contribution in [-0.4, -0.2) is 16.5 Å². The third-order valence-corrected chi connectivity index (χ3v) is 11.5. The van der Waals surface area contributed by atoms with Crippen LogP contribution in [0.25, 0.3) is 0 Å². The van der Waals surface area contributed by atoms with E-state index in [-0.39, 0.29) is 22.3 Å². The van der Waals surface area contributed by atoms with Gasteiger partial charge in [-0.05, 0) is 40.3 Å². The zero-order valence-electron chi connectivity index (χ0n) is 15.4. The molecule has 16 heteroatoms. The molecule has 1 N–H and O–H groups in total. The molecule has 32 heavy (non-hydrogen) atoms. The van der Waals surface area contributed by atoms with E-state index in [1.807, 2.05) is 0 Å². The van der Waals surface area contributed by atoms with Gasteiger partial charge in [-0.1, -0.05) is 188 Å². The molecular weight excluding hydrogens is 740 g/mol. The molecule has 186 valence electrons. The maximum Gasteiger partial charge on any atom is 0.227 e. The van der Waals surface area contributed by atoms with Gasteiger partial charge in [-0.2, -0.15) is 0 Å². The van der Waals surface area contributed by atoms with Gasteiger partial charge in [-0.3, -0.25) is 0 Å². The van der Waals surface area contributed by atoms with Gasteiger partial charge in [0.2, 0.25) is 11.4 Å². The Morgan fingerprint density at radius 3 is 1.06 bits per heavy atom. The number of alkyl halides is 15. The van der Waals surface area contributed by atoms with E-state index in [0.29, 0.717) is 0 Å². The predicted molar refractivity (Wildman–Crippen MR) is 147 cm³/mol. The number of aliphatic hydroxyl groups excluding tert-OH is 1. The van der Waals surface area contributed by atoms with Crippen LogP contribution < -0.4 is 0 Å². The fraction of sp³-hybridized carbons (Fsp3) is 0.625. The minimum Gasteiger partial charge on any atom is -0.388 e. The van der Waals surface area contributed by atoms with E-state index in [4.69, 9.17) is 174 Å². The van der Waals surface area contributed by atoms with Crippen LogP contribution >= 0.6 is 174 Å². The Morgan fingerprint density at radius 1 is 0.562 bits per heavy atom. The molecule has 1 atom stereocenters. The second-order valence-electron chi connectivity index (χ2n) is 6.89. The van der Waals surface area contributed by atoms with Crippen molar-refractivity contribution in [3.8, 4) is 0 Å². The fourth-order valence-corrected chi connectivity index (χ4v) is 4.26. The summed E-state index contributed by atoms with van der Waals surface area (Å²) in [6.45, 7) is 3.31. The SMILES string of the molecule is CC(C)C(O)c1c(C(Cl)(Cl)C(Cl)(Cl)Cl)cc(C(Cl)(Cl)C(Cl)(Cl)Cl)cc1C(Cl)(Cl)C(Cl)(Cl)Cl. The number of aliphatic hydroxyl groups is 1. The molecule has 1 aromatic rings. The van der Waals surface area contributed by atoms with E-state index in [0.717, 1.165) is 12.1 Å². The molecule has 0 fully saturated rings. The lowest BCUT2D eigenvalue weighted by Crippen LogP contribution is -2.37. The molecule has 0 bridgehead atoms. The van der Waals surface area contributed by atoms with Gasteiger partial charge in [0.15, 0.2) is 13.0 Å². The smallest absolute Gasteiger partial charge is 0.227 e. The Labute approximate surface area is 260 Å². The maximum atomic E-state index is 11.0.